The number of allylic oxidation sites excluding steroid dienone is 2. The van der Waals surface area contributed by atoms with Crippen LogP contribution in [0.5, 0.6) is 0 Å². The molecule has 22 heavy (non-hydrogen) atoms. The third kappa shape index (κ3) is 2.28. The molecule has 1 aromatic rings. The molecule has 3 heteroatoms. The molecule has 3 nitrogen and oxygen atoms in total. The Bertz CT molecular complexity index is 634. The van der Waals surface area contributed by atoms with Gasteiger partial charge in [-0.3, -0.25) is 4.79 Å². The Hall–Kier alpha value is -1.61. The fourth-order valence-corrected chi connectivity index (χ4v) is 4.28. The quantitative estimate of drug-likeness (QED) is 0.901. The smallest absolute Gasteiger partial charge is 0.170 e. The number of hydrogen-bond acceptors (Lipinski definition) is 3. The van der Waals surface area contributed by atoms with Crippen LogP contribution in [0, 0.1) is 32.6 Å². The van der Waals surface area contributed by atoms with Crippen LogP contribution in [0.2, 0.25) is 0 Å². The summed E-state index contributed by atoms with van der Waals surface area (Å²) in [6.45, 7) is 6.09. The van der Waals surface area contributed by atoms with Crippen molar-refractivity contribution in [2.24, 2.45) is 11.8 Å². The zero-order valence-corrected chi connectivity index (χ0v) is 13.8. The summed E-state index contributed by atoms with van der Waals surface area (Å²) in [6, 6.07) is 4.16. The molecule has 0 aliphatic heterocycles. The maximum Gasteiger partial charge on any atom is 0.170 e. The summed E-state index contributed by atoms with van der Waals surface area (Å²) in [7, 11) is 1.71. The van der Waals surface area contributed by atoms with Crippen LogP contribution in [0.25, 0.3) is 5.57 Å². The number of carbonyl (C=O) groups is 1. The first-order chi connectivity index (χ1) is 10.4. The topological polar surface area (TPSA) is 46.5 Å². The molecule has 1 saturated carbocycles. The number of ether oxygens (including phenoxy) is 1. The van der Waals surface area contributed by atoms with Gasteiger partial charge in [0.1, 0.15) is 5.76 Å². The normalized spacial score (nSPS) is 28.2. The predicted molar refractivity (Wildman–Crippen MR) is 86.8 cm³/mol. The second-order valence-electron chi connectivity index (χ2n) is 6.78. The molecule has 118 valence electrons. The Balaban J connectivity index is 2.07. The Kier molecular flexibility index (Phi) is 3.85. The third-order valence-electron chi connectivity index (χ3n) is 5.25. The first kappa shape index (κ1) is 15.3. The molecule has 3 rings (SSSR count). The Labute approximate surface area is 132 Å². The maximum atomic E-state index is 12.9. The summed E-state index contributed by atoms with van der Waals surface area (Å²) < 4.78 is 5.44. The summed E-state index contributed by atoms with van der Waals surface area (Å²) >= 11 is 0. The largest absolute Gasteiger partial charge is 0.511 e. The lowest BCUT2D eigenvalue weighted by Crippen LogP contribution is -2.30. The fraction of sp³-hybridized carbons (Fsp3) is 0.526. The number of aliphatic hydroxyl groups excluding tert-OH is 1. The lowest BCUT2D eigenvalue weighted by atomic mass is 9.78. The lowest BCUT2D eigenvalue weighted by Gasteiger charge is -2.30. The van der Waals surface area contributed by atoms with Crippen molar-refractivity contribution in [2.75, 3.05) is 7.11 Å². The van der Waals surface area contributed by atoms with E-state index in [1.165, 1.54) is 5.56 Å². The highest BCUT2D eigenvalue weighted by atomic mass is 16.5. The van der Waals surface area contributed by atoms with Crippen LogP contribution in [-0.4, -0.2) is 24.1 Å². The van der Waals surface area contributed by atoms with Crippen LogP contribution in [0.15, 0.2) is 17.9 Å². The Morgan fingerprint density at radius 3 is 2.32 bits per heavy atom. The molecule has 0 aromatic heterocycles. The minimum absolute atomic E-state index is 0.0681. The number of rotatable bonds is 2. The molecule has 0 bridgehead atoms. The summed E-state index contributed by atoms with van der Waals surface area (Å²) in [6.07, 6.45) is 2.59. The predicted octanol–water partition coefficient (Wildman–Crippen LogP) is 3.89. The van der Waals surface area contributed by atoms with Gasteiger partial charge in [-0.1, -0.05) is 17.7 Å². The number of fused-ring (bicyclic) bond motifs is 1. The first-order valence-electron chi connectivity index (χ1n) is 8.02. The minimum atomic E-state index is -0.0682. The monoisotopic (exact) mass is 300 g/mol. The summed E-state index contributed by atoms with van der Waals surface area (Å²) in [5.41, 5.74) is 4.79. The van der Waals surface area contributed by atoms with Gasteiger partial charge in [-0.05, 0) is 56.7 Å². The van der Waals surface area contributed by atoms with E-state index in [0.29, 0.717) is 5.57 Å². The molecule has 0 amide bonds. The van der Waals surface area contributed by atoms with Gasteiger partial charge in [0.15, 0.2) is 5.78 Å². The van der Waals surface area contributed by atoms with E-state index in [-0.39, 0.29) is 29.5 Å². The summed E-state index contributed by atoms with van der Waals surface area (Å²) in [4.78, 5) is 12.9. The molecule has 2 aliphatic rings. The van der Waals surface area contributed by atoms with E-state index >= 15 is 0 Å². The molecule has 3 atom stereocenters. The van der Waals surface area contributed by atoms with Crippen LogP contribution < -0.4 is 0 Å². The van der Waals surface area contributed by atoms with Gasteiger partial charge in [0, 0.05) is 18.9 Å². The first-order valence-corrected chi connectivity index (χ1v) is 8.02. The van der Waals surface area contributed by atoms with Crippen molar-refractivity contribution in [3.63, 3.8) is 0 Å². The van der Waals surface area contributed by atoms with Crippen LogP contribution in [-0.2, 0) is 9.53 Å². The van der Waals surface area contributed by atoms with Crippen LogP contribution in [0.3, 0.4) is 0 Å². The van der Waals surface area contributed by atoms with E-state index in [9.17, 15) is 9.90 Å². The fourth-order valence-electron chi connectivity index (χ4n) is 4.28. The van der Waals surface area contributed by atoms with Crippen molar-refractivity contribution in [2.45, 2.75) is 46.1 Å². The Morgan fingerprint density at radius 2 is 1.73 bits per heavy atom. The van der Waals surface area contributed by atoms with Gasteiger partial charge < -0.3 is 9.84 Å². The number of Topliss-reactive ketones (excluding diaryl/α,β-unsaturated/α-hetero) is 1. The van der Waals surface area contributed by atoms with Gasteiger partial charge in [0.05, 0.1) is 11.7 Å². The molecular weight excluding hydrogens is 276 g/mol. The summed E-state index contributed by atoms with van der Waals surface area (Å²) in [5, 5.41) is 10.7. The van der Waals surface area contributed by atoms with E-state index in [1.807, 2.05) is 13.8 Å². The van der Waals surface area contributed by atoms with Gasteiger partial charge in [-0.25, -0.2) is 0 Å². The van der Waals surface area contributed by atoms with Crippen molar-refractivity contribution in [3.8, 4) is 0 Å². The van der Waals surface area contributed by atoms with Crippen LogP contribution in [0.1, 0.15) is 41.5 Å². The maximum absolute atomic E-state index is 12.9. The SMILES string of the molecule is COC1CCC2C(=O)C(c3c(C)cc(C)cc3C)=C(O)C2C1. The second-order valence-corrected chi connectivity index (χ2v) is 6.78. The number of carbonyl (C=O) groups excluding carboxylic acids is 1. The van der Waals surface area contributed by atoms with E-state index in [1.54, 1.807) is 7.11 Å². The molecule has 3 unspecified atom stereocenters. The number of aliphatic hydroxyl groups is 1. The van der Waals surface area contributed by atoms with E-state index in [0.717, 1.165) is 36.0 Å². The third-order valence-corrected chi connectivity index (χ3v) is 5.25. The number of ketones is 1. The highest BCUT2D eigenvalue weighted by Crippen LogP contribution is 2.47. The number of aryl methyl sites for hydroxylation is 3. The average Bonchev–Trinajstić information content (AvgIpc) is 2.71. The molecule has 1 fully saturated rings. The molecule has 0 saturated heterocycles. The second kappa shape index (κ2) is 5.54. The Morgan fingerprint density at radius 1 is 1.09 bits per heavy atom. The van der Waals surface area contributed by atoms with E-state index < -0.39 is 0 Å². The van der Waals surface area contributed by atoms with Crippen molar-refractivity contribution in [1.82, 2.24) is 0 Å². The van der Waals surface area contributed by atoms with Crippen LogP contribution >= 0.6 is 0 Å². The number of benzene rings is 1. The number of methoxy groups -OCH3 is 1. The van der Waals surface area contributed by atoms with Crippen molar-refractivity contribution in [3.05, 3.63) is 40.1 Å². The van der Waals surface area contributed by atoms with Gasteiger partial charge >= 0.3 is 0 Å². The molecule has 0 spiro atoms. The van der Waals surface area contributed by atoms with Crippen LogP contribution in [0.4, 0.5) is 0 Å². The van der Waals surface area contributed by atoms with Gasteiger partial charge in [-0.15, -0.1) is 0 Å². The number of hydrogen-bond donors (Lipinski definition) is 1. The zero-order valence-electron chi connectivity index (χ0n) is 13.8. The molecular formula is C19H24O3. The standard InChI is InChI=1S/C19H24O3/c1-10-7-11(2)16(12(3)8-10)17-18(20)14-6-5-13(22-4)9-15(14)19(17)21/h7-8,13-15,21H,5-6,9H2,1-4H3. The minimum Gasteiger partial charge on any atom is -0.511 e. The molecule has 0 heterocycles. The van der Waals surface area contributed by atoms with Gasteiger partial charge in [0.2, 0.25) is 0 Å². The molecule has 2 aliphatic carbocycles. The van der Waals surface area contributed by atoms with Gasteiger partial charge in [0.25, 0.3) is 0 Å². The average molecular weight is 300 g/mol. The molecule has 0 radical (unpaired) electrons. The molecule has 1 aromatic carbocycles. The van der Waals surface area contributed by atoms with Crippen molar-refractivity contribution >= 4 is 11.4 Å². The highest BCUT2D eigenvalue weighted by molar-refractivity contribution is 6.25. The van der Waals surface area contributed by atoms with E-state index in [4.69, 9.17) is 4.74 Å². The zero-order chi connectivity index (χ0) is 16.0. The lowest BCUT2D eigenvalue weighted by molar-refractivity contribution is -0.119. The van der Waals surface area contributed by atoms with Gasteiger partial charge in [-0.2, -0.15) is 0 Å². The summed E-state index contributed by atoms with van der Waals surface area (Å²) in [5.74, 6) is 0.265. The van der Waals surface area contributed by atoms with Crippen molar-refractivity contribution < 1.29 is 14.6 Å². The van der Waals surface area contributed by atoms with E-state index in [2.05, 4.69) is 19.1 Å². The molecule has 1 N–H and O–H groups in total. The van der Waals surface area contributed by atoms with Crippen molar-refractivity contribution in [1.29, 1.82) is 0 Å². The highest BCUT2D eigenvalue weighted by Gasteiger charge is 2.46.